The molecule has 0 amide bonds. The number of ether oxygens (including phenoxy) is 1. The highest BCUT2D eigenvalue weighted by Crippen LogP contribution is 2.22. The van der Waals surface area contributed by atoms with E-state index in [9.17, 15) is 4.79 Å². The summed E-state index contributed by atoms with van der Waals surface area (Å²) < 4.78 is 5.55. The Morgan fingerprint density at radius 2 is 1.94 bits per heavy atom. The normalized spacial score (nSPS) is 23.8. The van der Waals surface area contributed by atoms with E-state index in [0.29, 0.717) is 6.42 Å². The molecule has 1 heterocycles. The van der Waals surface area contributed by atoms with Crippen molar-refractivity contribution in [1.29, 1.82) is 0 Å². The van der Waals surface area contributed by atoms with Crippen LogP contribution in [0.1, 0.15) is 32.8 Å². The fourth-order valence-corrected chi connectivity index (χ4v) is 2.11. The lowest BCUT2D eigenvalue weighted by Gasteiger charge is -2.30. The fourth-order valence-electron chi connectivity index (χ4n) is 2.11. The molecule has 2 rings (SSSR count). The summed E-state index contributed by atoms with van der Waals surface area (Å²) in [4.78, 5) is 16.4. The van der Waals surface area contributed by atoms with Crippen molar-refractivity contribution in [3.63, 3.8) is 0 Å². The summed E-state index contributed by atoms with van der Waals surface area (Å²) in [6, 6.07) is 9.61. The molecule has 1 aromatic rings. The Bertz CT molecular complexity index is 451. The van der Waals surface area contributed by atoms with E-state index in [1.165, 1.54) is 0 Å². The van der Waals surface area contributed by atoms with Crippen LogP contribution in [0.5, 0.6) is 0 Å². The Hall–Kier alpha value is -1.64. The molecule has 2 unspecified atom stereocenters. The minimum atomic E-state index is -0.352. The standard InChI is InChI=1S/C15H19NO2/c1-4-12-15(17)18-14(10(2)3)13(16-12)11-8-6-5-7-9-11/h5-10,12,14H,4H2,1-3H3. The maximum atomic E-state index is 11.8. The van der Waals surface area contributed by atoms with Crippen molar-refractivity contribution in [2.24, 2.45) is 10.9 Å². The van der Waals surface area contributed by atoms with Crippen LogP contribution in [0.15, 0.2) is 35.3 Å². The molecule has 1 aliphatic rings. The molecule has 0 spiro atoms. The minimum Gasteiger partial charge on any atom is -0.454 e. The van der Waals surface area contributed by atoms with E-state index in [2.05, 4.69) is 4.99 Å². The van der Waals surface area contributed by atoms with Gasteiger partial charge in [-0.3, -0.25) is 4.99 Å². The van der Waals surface area contributed by atoms with E-state index in [4.69, 9.17) is 4.74 Å². The highest BCUT2D eigenvalue weighted by molar-refractivity contribution is 6.07. The zero-order chi connectivity index (χ0) is 13.1. The summed E-state index contributed by atoms with van der Waals surface area (Å²) in [7, 11) is 0. The number of nitrogens with zero attached hydrogens (tertiary/aromatic N) is 1. The Morgan fingerprint density at radius 1 is 1.28 bits per heavy atom. The van der Waals surface area contributed by atoms with Gasteiger partial charge in [0.05, 0.1) is 5.71 Å². The van der Waals surface area contributed by atoms with Crippen LogP contribution in [-0.4, -0.2) is 23.8 Å². The number of rotatable bonds is 3. The van der Waals surface area contributed by atoms with Gasteiger partial charge in [-0.25, -0.2) is 4.79 Å². The molecule has 3 heteroatoms. The molecule has 0 fully saturated rings. The monoisotopic (exact) mass is 245 g/mol. The molecule has 96 valence electrons. The number of hydrogen-bond acceptors (Lipinski definition) is 3. The molecular formula is C15H19NO2. The van der Waals surface area contributed by atoms with Crippen molar-refractivity contribution in [1.82, 2.24) is 0 Å². The lowest BCUT2D eigenvalue weighted by molar-refractivity contribution is -0.150. The first-order valence-corrected chi connectivity index (χ1v) is 6.47. The molecule has 0 aliphatic carbocycles. The van der Waals surface area contributed by atoms with E-state index in [-0.39, 0.29) is 24.0 Å². The van der Waals surface area contributed by atoms with Crippen LogP contribution >= 0.6 is 0 Å². The van der Waals surface area contributed by atoms with Gasteiger partial charge in [0.2, 0.25) is 0 Å². The van der Waals surface area contributed by atoms with Crippen LogP contribution in [0.4, 0.5) is 0 Å². The second kappa shape index (κ2) is 5.34. The van der Waals surface area contributed by atoms with Gasteiger partial charge in [-0.15, -0.1) is 0 Å². The molecule has 1 aromatic carbocycles. The molecule has 3 nitrogen and oxygen atoms in total. The van der Waals surface area contributed by atoms with Gasteiger partial charge in [-0.2, -0.15) is 0 Å². The van der Waals surface area contributed by atoms with Crippen LogP contribution < -0.4 is 0 Å². The van der Waals surface area contributed by atoms with Crippen molar-refractivity contribution in [3.8, 4) is 0 Å². The van der Waals surface area contributed by atoms with E-state index in [0.717, 1.165) is 11.3 Å². The maximum Gasteiger partial charge on any atom is 0.331 e. The Kier molecular flexibility index (Phi) is 3.80. The van der Waals surface area contributed by atoms with Crippen LogP contribution in [0.2, 0.25) is 0 Å². The zero-order valence-electron chi connectivity index (χ0n) is 11.1. The summed E-state index contributed by atoms with van der Waals surface area (Å²) in [5.74, 6) is 0.0293. The number of aliphatic imine (C=N–C) groups is 1. The number of esters is 1. The smallest absolute Gasteiger partial charge is 0.331 e. The third kappa shape index (κ3) is 2.45. The van der Waals surface area contributed by atoms with Crippen LogP contribution in [0.25, 0.3) is 0 Å². The largest absolute Gasteiger partial charge is 0.454 e. The SMILES string of the molecule is CCC1N=C(c2ccccc2)C(C(C)C)OC1=O. The van der Waals surface area contributed by atoms with E-state index >= 15 is 0 Å². The van der Waals surface area contributed by atoms with Gasteiger partial charge in [-0.1, -0.05) is 51.1 Å². The lowest BCUT2D eigenvalue weighted by atomic mass is 9.94. The quantitative estimate of drug-likeness (QED) is 0.768. The second-order valence-electron chi connectivity index (χ2n) is 4.91. The van der Waals surface area contributed by atoms with E-state index in [1.807, 2.05) is 51.1 Å². The summed E-state index contributed by atoms with van der Waals surface area (Å²) in [5, 5.41) is 0. The van der Waals surface area contributed by atoms with Gasteiger partial charge in [-0.05, 0) is 17.9 Å². The molecule has 18 heavy (non-hydrogen) atoms. The van der Waals surface area contributed by atoms with Gasteiger partial charge in [0, 0.05) is 0 Å². The first kappa shape index (κ1) is 12.8. The molecule has 0 aromatic heterocycles. The lowest BCUT2D eigenvalue weighted by Crippen LogP contribution is -2.41. The number of carbonyl (C=O) groups excluding carboxylic acids is 1. The van der Waals surface area contributed by atoms with Crippen molar-refractivity contribution >= 4 is 11.7 Å². The highest BCUT2D eigenvalue weighted by Gasteiger charge is 2.33. The highest BCUT2D eigenvalue weighted by atomic mass is 16.5. The Labute approximate surface area is 108 Å². The van der Waals surface area contributed by atoms with Gasteiger partial charge >= 0.3 is 5.97 Å². The topological polar surface area (TPSA) is 38.7 Å². The minimum absolute atomic E-state index is 0.198. The van der Waals surface area contributed by atoms with E-state index < -0.39 is 0 Å². The number of benzene rings is 1. The molecule has 2 atom stereocenters. The predicted molar refractivity (Wildman–Crippen MR) is 71.8 cm³/mol. The second-order valence-corrected chi connectivity index (χ2v) is 4.91. The van der Waals surface area contributed by atoms with Gasteiger partial charge in [0.15, 0.2) is 0 Å². The van der Waals surface area contributed by atoms with Gasteiger partial charge < -0.3 is 4.74 Å². The summed E-state index contributed by atoms with van der Waals surface area (Å²) in [5.41, 5.74) is 1.94. The molecular weight excluding hydrogens is 226 g/mol. The predicted octanol–water partition coefficient (Wildman–Crippen LogP) is 2.84. The first-order valence-electron chi connectivity index (χ1n) is 6.47. The third-order valence-electron chi connectivity index (χ3n) is 3.14. The van der Waals surface area contributed by atoms with Gasteiger partial charge in [0.25, 0.3) is 0 Å². The molecule has 0 saturated heterocycles. The van der Waals surface area contributed by atoms with Gasteiger partial charge in [0.1, 0.15) is 12.1 Å². The molecule has 1 aliphatic heterocycles. The van der Waals surface area contributed by atoms with Crippen LogP contribution in [0, 0.1) is 5.92 Å². The number of hydrogen-bond donors (Lipinski definition) is 0. The summed E-state index contributed by atoms with van der Waals surface area (Å²) >= 11 is 0. The van der Waals surface area contributed by atoms with Crippen molar-refractivity contribution in [2.45, 2.75) is 39.3 Å². The van der Waals surface area contributed by atoms with Crippen molar-refractivity contribution < 1.29 is 9.53 Å². The third-order valence-corrected chi connectivity index (χ3v) is 3.14. The molecule has 0 bridgehead atoms. The van der Waals surface area contributed by atoms with Crippen molar-refractivity contribution in [3.05, 3.63) is 35.9 Å². The van der Waals surface area contributed by atoms with Crippen LogP contribution in [0.3, 0.4) is 0 Å². The number of cyclic esters (lactones) is 1. The van der Waals surface area contributed by atoms with Crippen molar-refractivity contribution in [2.75, 3.05) is 0 Å². The molecule has 0 radical (unpaired) electrons. The molecule has 0 N–H and O–H groups in total. The fraction of sp³-hybridized carbons (Fsp3) is 0.467. The zero-order valence-corrected chi connectivity index (χ0v) is 11.1. The Morgan fingerprint density at radius 3 is 2.50 bits per heavy atom. The Balaban J connectivity index is 2.41. The van der Waals surface area contributed by atoms with E-state index in [1.54, 1.807) is 0 Å². The summed E-state index contributed by atoms with van der Waals surface area (Å²) in [6.45, 7) is 6.04. The summed E-state index contributed by atoms with van der Waals surface area (Å²) in [6.07, 6.45) is 0.447. The maximum absolute atomic E-state index is 11.8. The average Bonchev–Trinajstić information content (AvgIpc) is 2.39. The van der Waals surface area contributed by atoms with Crippen LogP contribution in [-0.2, 0) is 9.53 Å². The first-order chi connectivity index (χ1) is 8.63. The molecule has 0 saturated carbocycles. The number of carbonyl (C=O) groups is 1. The average molecular weight is 245 g/mol.